The van der Waals surface area contributed by atoms with Gasteiger partial charge in [-0.2, -0.15) is 0 Å². The SMILES string of the molecule is CO[C@H]1CN(CC2(C)CCNC2)C[C@H]1OC. The highest BCUT2D eigenvalue weighted by molar-refractivity contribution is 4.92. The van der Waals surface area contributed by atoms with E-state index in [1.165, 1.54) is 6.42 Å². The molecule has 0 aromatic rings. The fourth-order valence-electron chi connectivity index (χ4n) is 2.94. The second-order valence-electron chi connectivity index (χ2n) is 5.48. The van der Waals surface area contributed by atoms with Crippen LogP contribution in [-0.2, 0) is 9.47 Å². The standard InChI is InChI=1S/C12H24N2O2/c1-12(4-5-13-8-12)9-14-6-10(15-2)11(7-14)16-3/h10-11,13H,4-9H2,1-3H3/t10-,11+,12?. The molecule has 2 fully saturated rings. The lowest BCUT2D eigenvalue weighted by atomic mass is 9.89. The predicted molar refractivity (Wildman–Crippen MR) is 63.6 cm³/mol. The first kappa shape index (κ1) is 12.3. The molecule has 1 unspecified atom stereocenters. The molecule has 4 nitrogen and oxygen atoms in total. The van der Waals surface area contributed by atoms with Crippen LogP contribution in [0, 0.1) is 5.41 Å². The van der Waals surface area contributed by atoms with E-state index in [1.807, 2.05) is 0 Å². The van der Waals surface area contributed by atoms with E-state index < -0.39 is 0 Å². The number of ether oxygens (including phenoxy) is 2. The fourth-order valence-corrected chi connectivity index (χ4v) is 2.94. The lowest BCUT2D eigenvalue weighted by molar-refractivity contribution is -0.00461. The molecule has 2 aliphatic heterocycles. The van der Waals surface area contributed by atoms with Gasteiger partial charge in [0, 0.05) is 40.4 Å². The number of hydrogen-bond acceptors (Lipinski definition) is 4. The van der Waals surface area contributed by atoms with Crippen molar-refractivity contribution in [3.05, 3.63) is 0 Å². The van der Waals surface area contributed by atoms with Crippen LogP contribution in [0.3, 0.4) is 0 Å². The van der Waals surface area contributed by atoms with Gasteiger partial charge in [-0.05, 0) is 18.4 Å². The molecule has 3 atom stereocenters. The zero-order valence-electron chi connectivity index (χ0n) is 10.7. The van der Waals surface area contributed by atoms with Gasteiger partial charge in [0.15, 0.2) is 0 Å². The molecule has 4 heteroatoms. The molecule has 0 bridgehead atoms. The van der Waals surface area contributed by atoms with Gasteiger partial charge in [0.05, 0.1) is 12.2 Å². The third kappa shape index (κ3) is 2.56. The van der Waals surface area contributed by atoms with Gasteiger partial charge in [0.1, 0.15) is 0 Å². The van der Waals surface area contributed by atoms with Crippen LogP contribution in [0.1, 0.15) is 13.3 Å². The Labute approximate surface area is 98.3 Å². The van der Waals surface area contributed by atoms with E-state index in [-0.39, 0.29) is 12.2 Å². The molecule has 0 aliphatic carbocycles. The van der Waals surface area contributed by atoms with Crippen LogP contribution in [0.25, 0.3) is 0 Å². The average Bonchev–Trinajstić information content (AvgIpc) is 2.85. The summed E-state index contributed by atoms with van der Waals surface area (Å²) in [4.78, 5) is 2.48. The Kier molecular flexibility index (Phi) is 3.85. The summed E-state index contributed by atoms with van der Waals surface area (Å²) in [6, 6.07) is 0. The highest BCUT2D eigenvalue weighted by Gasteiger charge is 2.37. The Bertz CT molecular complexity index is 217. The molecule has 1 N–H and O–H groups in total. The van der Waals surface area contributed by atoms with Crippen LogP contribution in [0.4, 0.5) is 0 Å². The van der Waals surface area contributed by atoms with Gasteiger partial charge in [-0.1, -0.05) is 6.92 Å². The topological polar surface area (TPSA) is 33.7 Å². The second-order valence-corrected chi connectivity index (χ2v) is 5.48. The second kappa shape index (κ2) is 5.00. The third-order valence-corrected chi connectivity index (χ3v) is 3.96. The zero-order valence-corrected chi connectivity index (χ0v) is 10.7. The van der Waals surface area contributed by atoms with E-state index in [4.69, 9.17) is 9.47 Å². The van der Waals surface area contributed by atoms with Crippen molar-refractivity contribution >= 4 is 0 Å². The molecule has 2 heterocycles. The van der Waals surface area contributed by atoms with Crippen molar-refractivity contribution in [2.45, 2.75) is 25.6 Å². The average molecular weight is 228 g/mol. The molecule has 2 saturated heterocycles. The van der Waals surface area contributed by atoms with Crippen LogP contribution in [0.2, 0.25) is 0 Å². The fraction of sp³-hybridized carbons (Fsp3) is 1.00. The summed E-state index contributed by atoms with van der Waals surface area (Å²) in [6.45, 7) is 7.83. The lowest BCUT2D eigenvalue weighted by Crippen LogP contribution is -2.36. The normalized spacial score (nSPS) is 40.7. The van der Waals surface area contributed by atoms with Gasteiger partial charge in [-0.15, -0.1) is 0 Å². The summed E-state index contributed by atoms with van der Waals surface area (Å²) < 4.78 is 10.9. The molecule has 0 aromatic carbocycles. The number of rotatable bonds is 4. The summed E-state index contributed by atoms with van der Waals surface area (Å²) in [7, 11) is 3.55. The minimum absolute atomic E-state index is 0.239. The van der Waals surface area contributed by atoms with Gasteiger partial charge in [0.2, 0.25) is 0 Å². The molecule has 94 valence electrons. The highest BCUT2D eigenvalue weighted by Crippen LogP contribution is 2.28. The third-order valence-electron chi connectivity index (χ3n) is 3.96. The summed E-state index contributed by atoms with van der Waals surface area (Å²) in [5.41, 5.74) is 0.431. The molecule has 2 rings (SSSR count). The van der Waals surface area contributed by atoms with Gasteiger partial charge >= 0.3 is 0 Å². The van der Waals surface area contributed by atoms with Crippen molar-refractivity contribution in [1.29, 1.82) is 0 Å². The Balaban J connectivity index is 1.87. The van der Waals surface area contributed by atoms with E-state index in [0.29, 0.717) is 5.41 Å². The van der Waals surface area contributed by atoms with Gasteiger partial charge in [-0.25, -0.2) is 0 Å². The molecular weight excluding hydrogens is 204 g/mol. The van der Waals surface area contributed by atoms with Crippen molar-refractivity contribution in [2.75, 3.05) is 46.9 Å². The first-order valence-corrected chi connectivity index (χ1v) is 6.15. The molecule has 0 spiro atoms. The van der Waals surface area contributed by atoms with Crippen molar-refractivity contribution in [2.24, 2.45) is 5.41 Å². The van der Waals surface area contributed by atoms with E-state index in [2.05, 4.69) is 17.1 Å². The number of nitrogens with zero attached hydrogens (tertiary/aromatic N) is 1. The summed E-state index contributed by atoms with van der Waals surface area (Å²) in [5, 5.41) is 3.45. The van der Waals surface area contributed by atoms with Crippen LogP contribution < -0.4 is 5.32 Å². The van der Waals surface area contributed by atoms with Crippen LogP contribution >= 0.6 is 0 Å². The van der Waals surface area contributed by atoms with Gasteiger partial charge < -0.3 is 14.8 Å². The first-order valence-electron chi connectivity index (χ1n) is 6.15. The maximum atomic E-state index is 5.46. The Morgan fingerprint density at radius 2 is 1.88 bits per heavy atom. The predicted octanol–water partition coefficient (Wildman–Crippen LogP) is 0.332. The van der Waals surface area contributed by atoms with Gasteiger partial charge in [-0.3, -0.25) is 4.90 Å². The highest BCUT2D eigenvalue weighted by atomic mass is 16.5. The minimum Gasteiger partial charge on any atom is -0.377 e. The summed E-state index contributed by atoms with van der Waals surface area (Å²) in [6.07, 6.45) is 1.75. The molecule has 0 radical (unpaired) electrons. The molecule has 0 amide bonds. The first-order chi connectivity index (χ1) is 7.67. The van der Waals surface area contributed by atoms with E-state index in [0.717, 1.165) is 32.7 Å². The van der Waals surface area contributed by atoms with Crippen LogP contribution in [0.5, 0.6) is 0 Å². The van der Waals surface area contributed by atoms with Crippen LogP contribution in [-0.4, -0.2) is 64.1 Å². The Morgan fingerprint density at radius 1 is 1.25 bits per heavy atom. The largest absolute Gasteiger partial charge is 0.377 e. The van der Waals surface area contributed by atoms with Gasteiger partial charge in [0.25, 0.3) is 0 Å². The van der Waals surface area contributed by atoms with Crippen molar-refractivity contribution in [1.82, 2.24) is 10.2 Å². The maximum Gasteiger partial charge on any atom is 0.0971 e. The monoisotopic (exact) mass is 228 g/mol. The number of nitrogens with one attached hydrogen (secondary N) is 1. The van der Waals surface area contributed by atoms with Crippen LogP contribution in [0.15, 0.2) is 0 Å². The quantitative estimate of drug-likeness (QED) is 0.752. The molecular formula is C12H24N2O2. The smallest absolute Gasteiger partial charge is 0.0971 e. The number of hydrogen-bond donors (Lipinski definition) is 1. The van der Waals surface area contributed by atoms with E-state index in [1.54, 1.807) is 14.2 Å². The number of methoxy groups -OCH3 is 2. The summed E-state index contributed by atoms with van der Waals surface area (Å²) in [5.74, 6) is 0. The number of likely N-dealkylation sites (tertiary alicyclic amines) is 1. The molecule has 0 saturated carbocycles. The van der Waals surface area contributed by atoms with Crippen molar-refractivity contribution < 1.29 is 9.47 Å². The lowest BCUT2D eigenvalue weighted by Gasteiger charge is -2.28. The molecule has 0 aromatic heterocycles. The van der Waals surface area contributed by atoms with E-state index >= 15 is 0 Å². The molecule has 2 aliphatic rings. The van der Waals surface area contributed by atoms with Crippen molar-refractivity contribution in [3.8, 4) is 0 Å². The van der Waals surface area contributed by atoms with E-state index in [9.17, 15) is 0 Å². The Morgan fingerprint density at radius 3 is 2.31 bits per heavy atom. The minimum atomic E-state index is 0.239. The summed E-state index contributed by atoms with van der Waals surface area (Å²) >= 11 is 0. The zero-order chi connectivity index (χ0) is 11.6. The Hall–Kier alpha value is -0.160. The maximum absolute atomic E-state index is 5.46. The van der Waals surface area contributed by atoms with Crippen molar-refractivity contribution in [3.63, 3.8) is 0 Å². The molecule has 16 heavy (non-hydrogen) atoms.